The van der Waals surface area contributed by atoms with E-state index < -0.39 is 12.4 Å². The Morgan fingerprint density at radius 2 is 1.70 bits per heavy atom. The maximum atomic E-state index is 12.9. The lowest BCUT2D eigenvalue weighted by Crippen LogP contribution is -2.36. The Morgan fingerprint density at radius 3 is 2.45 bits per heavy atom. The minimum atomic E-state index is -5.04. The Balaban J connectivity index is 1.72. The van der Waals surface area contributed by atoms with Crippen molar-refractivity contribution in [1.82, 2.24) is 0 Å². The summed E-state index contributed by atoms with van der Waals surface area (Å²) in [4.78, 5) is 0. The monoisotopic (exact) mass is 277 g/mol. The van der Waals surface area contributed by atoms with Crippen LogP contribution in [0.1, 0.15) is 17.0 Å². The fourth-order valence-electron chi connectivity index (χ4n) is 2.58. The first kappa shape index (κ1) is 13.1. The van der Waals surface area contributed by atoms with E-state index in [1.54, 1.807) is 6.07 Å². The van der Waals surface area contributed by atoms with Crippen LogP contribution in [0.25, 0.3) is 0 Å². The average Bonchev–Trinajstić information content (AvgIpc) is 2.39. The molecule has 0 amide bonds. The van der Waals surface area contributed by atoms with E-state index in [-0.39, 0.29) is 11.7 Å². The zero-order chi connectivity index (χ0) is 14.2. The van der Waals surface area contributed by atoms with E-state index >= 15 is 0 Å². The van der Waals surface area contributed by atoms with Crippen LogP contribution in [0.15, 0.2) is 48.5 Å². The van der Waals surface area contributed by atoms with Crippen molar-refractivity contribution in [2.45, 2.75) is 12.3 Å². The first-order chi connectivity index (χ1) is 9.55. The van der Waals surface area contributed by atoms with Crippen molar-refractivity contribution in [2.24, 2.45) is 0 Å². The summed E-state index contributed by atoms with van der Waals surface area (Å²) in [5.41, 5.74) is 1.79. The normalized spacial score (nSPS) is 17.2. The molecule has 5 heteroatoms. The van der Waals surface area contributed by atoms with Crippen LogP contribution in [0.2, 0.25) is 0 Å². The zero-order valence-corrected chi connectivity index (χ0v) is 10.7. The summed E-state index contributed by atoms with van der Waals surface area (Å²) in [6.45, 7) is -4.75. The molecule has 0 spiro atoms. The fraction of sp³-hybridized carbons (Fsp3) is 0.200. The Morgan fingerprint density at radius 1 is 1.00 bits per heavy atom. The maximum absolute atomic E-state index is 12.9. The van der Waals surface area contributed by atoms with Crippen LogP contribution in [0.3, 0.4) is 0 Å². The molecule has 20 heavy (non-hydrogen) atoms. The van der Waals surface area contributed by atoms with Gasteiger partial charge in [-0.3, -0.25) is 0 Å². The number of para-hydroxylation sites is 1. The van der Waals surface area contributed by atoms with Crippen LogP contribution in [-0.4, -0.2) is 13.6 Å². The minimum absolute atomic E-state index is 0.0654. The molecule has 1 nitrogen and oxygen atoms in total. The van der Waals surface area contributed by atoms with Gasteiger partial charge in [0, 0.05) is 5.92 Å². The lowest BCUT2D eigenvalue weighted by molar-refractivity contribution is 0.276. The van der Waals surface area contributed by atoms with E-state index in [4.69, 9.17) is 4.74 Å². The van der Waals surface area contributed by atoms with Gasteiger partial charge in [-0.15, -0.1) is 0 Å². The van der Waals surface area contributed by atoms with Crippen molar-refractivity contribution in [3.63, 3.8) is 0 Å². The first-order valence-electron chi connectivity index (χ1n) is 6.55. The van der Waals surface area contributed by atoms with Crippen LogP contribution < -0.4 is 10.2 Å². The third-order valence-corrected chi connectivity index (χ3v) is 3.67. The second-order valence-corrected chi connectivity index (χ2v) is 5.02. The van der Waals surface area contributed by atoms with Gasteiger partial charge < -0.3 is 17.7 Å². The molecule has 0 heterocycles. The summed E-state index contributed by atoms with van der Waals surface area (Å²) in [6.07, 6.45) is 0.871. The number of rotatable bonds is 4. The third kappa shape index (κ3) is 2.40. The van der Waals surface area contributed by atoms with Gasteiger partial charge in [0.1, 0.15) is 0 Å². The van der Waals surface area contributed by atoms with Crippen molar-refractivity contribution in [3.8, 4) is 5.75 Å². The first-order valence-corrected chi connectivity index (χ1v) is 6.55. The number of fused-ring (bicyclic) bond motifs is 1. The number of hydrogen-bond acceptors (Lipinski definition) is 1. The fourth-order valence-corrected chi connectivity index (χ4v) is 2.58. The molecule has 0 saturated heterocycles. The smallest absolute Gasteiger partial charge is 0.496 e. The van der Waals surface area contributed by atoms with Gasteiger partial charge in [0.25, 0.3) is 0 Å². The molecule has 0 N–H and O–H groups in total. The standard InChI is InChI=1S/C15H13BF3O/c17-16(18,19)14-7-3-4-8-15(14)20-10-12-9-11-5-1-2-6-13(11)12/h1-8,12H,9-10H2/q-1. The minimum Gasteiger partial charge on any atom is -0.496 e. The van der Waals surface area contributed by atoms with E-state index in [2.05, 4.69) is 0 Å². The Kier molecular flexibility index (Phi) is 3.20. The number of benzene rings is 2. The van der Waals surface area contributed by atoms with Crippen molar-refractivity contribution >= 4 is 12.4 Å². The molecule has 1 unspecified atom stereocenters. The second-order valence-electron chi connectivity index (χ2n) is 5.02. The van der Waals surface area contributed by atoms with Crippen LogP contribution in [0, 0.1) is 0 Å². The molecule has 0 bridgehead atoms. The van der Waals surface area contributed by atoms with Crippen molar-refractivity contribution in [2.75, 3.05) is 6.61 Å². The quantitative estimate of drug-likeness (QED) is 0.778. The van der Waals surface area contributed by atoms with Gasteiger partial charge in [-0.25, -0.2) is 0 Å². The Bertz CT molecular complexity index is 625. The van der Waals surface area contributed by atoms with Gasteiger partial charge in [0.15, 0.2) is 0 Å². The molecule has 0 radical (unpaired) electrons. The van der Waals surface area contributed by atoms with E-state index in [9.17, 15) is 12.9 Å². The van der Waals surface area contributed by atoms with Crippen molar-refractivity contribution < 1.29 is 17.7 Å². The average molecular weight is 277 g/mol. The molecular weight excluding hydrogens is 264 g/mol. The van der Waals surface area contributed by atoms with Crippen LogP contribution in [0.4, 0.5) is 12.9 Å². The predicted octanol–water partition coefficient (Wildman–Crippen LogP) is 3.46. The Hall–Kier alpha value is -1.91. The molecule has 0 aromatic heterocycles. The highest BCUT2D eigenvalue weighted by Crippen LogP contribution is 2.35. The number of hydrogen-bond donors (Lipinski definition) is 0. The molecule has 0 fully saturated rings. The molecular formula is C15H13BF3O-. The van der Waals surface area contributed by atoms with Gasteiger partial charge in [-0.1, -0.05) is 47.9 Å². The molecule has 2 aromatic carbocycles. The molecule has 1 atom stereocenters. The second kappa shape index (κ2) is 4.89. The topological polar surface area (TPSA) is 9.23 Å². The summed E-state index contributed by atoms with van der Waals surface area (Å²) in [6, 6.07) is 13.4. The SMILES string of the molecule is F[B-](F)(F)c1ccccc1OCC1Cc2ccccc21. The van der Waals surface area contributed by atoms with Gasteiger partial charge in [0.2, 0.25) is 0 Å². The highest BCUT2D eigenvalue weighted by molar-refractivity contribution is 6.74. The summed E-state index contributed by atoms with van der Waals surface area (Å²) < 4.78 is 44.1. The summed E-state index contributed by atoms with van der Waals surface area (Å²) >= 11 is 0. The predicted molar refractivity (Wildman–Crippen MR) is 73.5 cm³/mol. The molecule has 3 rings (SSSR count). The van der Waals surface area contributed by atoms with E-state index in [0.717, 1.165) is 12.5 Å². The number of ether oxygens (including phenoxy) is 1. The summed E-state index contributed by atoms with van der Waals surface area (Å²) in [7, 11) is 0. The third-order valence-electron chi connectivity index (χ3n) is 3.67. The van der Waals surface area contributed by atoms with Crippen molar-refractivity contribution in [1.29, 1.82) is 0 Å². The van der Waals surface area contributed by atoms with Gasteiger partial charge in [-0.2, -0.15) is 0 Å². The van der Waals surface area contributed by atoms with Gasteiger partial charge in [0.05, 0.1) is 12.4 Å². The van der Waals surface area contributed by atoms with E-state index in [1.807, 2.05) is 24.3 Å². The summed E-state index contributed by atoms with van der Waals surface area (Å²) in [5, 5.41) is 0. The highest BCUT2D eigenvalue weighted by Gasteiger charge is 2.30. The molecule has 1 aliphatic rings. The molecule has 104 valence electrons. The number of halogens is 3. The molecule has 0 saturated carbocycles. The van der Waals surface area contributed by atoms with E-state index in [0.29, 0.717) is 6.61 Å². The van der Waals surface area contributed by atoms with Crippen molar-refractivity contribution in [3.05, 3.63) is 59.7 Å². The molecule has 2 aromatic rings. The largest absolute Gasteiger partial charge is 0.513 e. The Labute approximate surface area is 115 Å². The summed E-state index contributed by atoms with van der Waals surface area (Å²) in [5.74, 6) is 0.129. The zero-order valence-electron chi connectivity index (χ0n) is 10.7. The molecule has 1 aliphatic carbocycles. The van der Waals surface area contributed by atoms with E-state index in [1.165, 1.54) is 23.3 Å². The molecule has 0 aliphatic heterocycles. The van der Waals surface area contributed by atoms with Gasteiger partial charge in [-0.05, 0) is 23.6 Å². The van der Waals surface area contributed by atoms with Crippen LogP contribution >= 0.6 is 0 Å². The van der Waals surface area contributed by atoms with Gasteiger partial charge >= 0.3 is 6.98 Å². The van der Waals surface area contributed by atoms with Crippen LogP contribution in [-0.2, 0) is 6.42 Å². The lowest BCUT2D eigenvalue weighted by atomic mass is 9.78. The highest BCUT2D eigenvalue weighted by atomic mass is 19.4. The lowest BCUT2D eigenvalue weighted by Gasteiger charge is -2.30. The van der Waals surface area contributed by atoms with Crippen LogP contribution in [0.5, 0.6) is 5.75 Å². The maximum Gasteiger partial charge on any atom is 0.513 e.